The van der Waals surface area contributed by atoms with Gasteiger partial charge in [-0.15, -0.1) is 12.8 Å². The van der Waals surface area contributed by atoms with E-state index in [4.69, 9.17) is 29.9 Å². The van der Waals surface area contributed by atoms with Crippen molar-refractivity contribution in [2.45, 2.75) is 77.0 Å². The first kappa shape index (κ1) is 39.9. The zero-order chi connectivity index (χ0) is 27.3. The molecular weight excluding hydrogens is 528 g/mol. The van der Waals surface area contributed by atoms with Crippen LogP contribution in [0.3, 0.4) is 0 Å². The molecule has 13 heteroatoms. The Labute approximate surface area is 233 Å². The van der Waals surface area contributed by atoms with E-state index in [0.29, 0.717) is 26.1 Å². The number of rotatable bonds is 22. The molecule has 0 amide bonds. The summed E-state index contributed by atoms with van der Waals surface area (Å²) in [6.45, 7) is 1.18. The van der Waals surface area contributed by atoms with Crippen LogP contribution in [0.15, 0.2) is 0 Å². The Morgan fingerprint density at radius 3 is 1.08 bits per heavy atom. The van der Waals surface area contributed by atoms with E-state index in [1.165, 1.54) is 13.2 Å². The molecule has 0 bridgehead atoms. The summed E-state index contributed by atoms with van der Waals surface area (Å²) >= 11 is 0. The Morgan fingerprint density at radius 1 is 0.459 bits per heavy atom. The summed E-state index contributed by atoms with van der Waals surface area (Å²) in [7, 11) is 0. The molecular formula is C24H42O12Ti. The number of carbonyl (C=O) groups is 4. The zero-order valence-corrected chi connectivity index (χ0v) is 23.0. The number of unbranched alkanes of at least 4 members (excludes halogenated alkanes) is 10. The van der Waals surface area contributed by atoms with Crippen molar-refractivity contribution in [3.05, 3.63) is 13.2 Å². The number of hydrogen-bond acceptors (Lipinski definition) is 12. The van der Waals surface area contributed by atoms with Gasteiger partial charge >= 0.3 is 33.7 Å². The molecule has 0 unspecified atom stereocenters. The Hall–Kier alpha value is -1.57. The van der Waals surface area contributed by atoms with Crippen LogP contribution >= 0.6 is 0 Å². The van der Waals surface area contributed by atoms with Crippen molar-refractivity contribution in [1.29, 1.82) is 0 Å². The second-order valence-electron chi connectivity index (χ2n) is 7.50. The Balaban J connectivity index is -0.000000608. The van der Waals surface area contributed by atoms with E-state index >= 15 is 0 Å². The van der Waals surface area contributed by atoms with Crippen molar-refractivity contribution < 1.29 is 80.3 Å². The second kappa shape index (κ2) is 32.5. The van der Waals surface area contributed by atoms with Gasteiger partial charge in [-0.25, -0.2) is 9.59 Å². The summed E-state index contributed by atoms with van der Waals surface area (Å²) in [5.41, 5.74) is 0. The third-order valence-electron chi connectivity index (χ3n) is 4.40. The molecule has 0 aliphatic heterocycles. The van der Waals surface area contributed by atoms with E-state index in [2.05, 4.69) is 9.47 Å². The summed E-state index contributed by atoms with van der Waals surface area (Å²) in [5.74, 6) is -2.45. The number of hydrogen-bond donors (Lipinski definition) is 4. The van der Waals surface area contributed by atoms with Crippen molar-refractivity contribution in [1.82, 2.24) is 0 Å². The molecule has 4 N–H and O–H groups in total. The summed E-state index contributed by atoms with van der Waals surface area (Å²) < 4.78 is 18.6. The second-order valence-corrected chi connectivity index (χ2v) is 7.50. The minimum atomic E-state index is -0.638. The van der Waals surface area contributed by atoms with Crippen LogP contribution in [0.4, 0.5) is 0 Å². The average molecular weight is 570 g/mol. The molecule has 0 aromatic carbocycles. The quantitative estimate of drug-likeness (QED) is 0.0479. The first-order valence-corrected chi connectivity index (χ1v) is 12.2. The first-order valence-electron chi connectivity index (χ1n) is 12.2. The van der Waals surface area contributed by atoms with E-state index in [-0.39, 0.29) is 21.7 Å². The van der Waals surface area contributed by atoms with Crippen LogP contribution in [0, 0.1) is 13.2 Å². The molecule has 214 valence electrons. The molecule has 0 fully saturated rings. The van der Waals surface area contributed by atoms with Gasteiger partial charge in [-0.2, -0.15) is 13.2 Å². The topological polar surface area (TPSA) is 186 Å². The van der Waals surface area contributed by atoms with Crippen LogP contribution in [0.2, 0.25) is 0 Å². The summed E-state index contributed by atoms with van der Waals surface area (Å²) in [6.07, 6.45) is 10.7. The maximum Gasteiger partial charge on any atom is 2.00 e. The van der Waals surface area contributed by atoms with Gasteiger partial charge in [0.25, 0.3) is 11.9 Å². The number of aliphatic hydroxyl groups is 4. The largest absolute Gasteiger partial charge is 2.00 e. The van der Waals surface area contributed by atoms with E-state index in [9.17, 15) is 19.2 Å². The third kappa shape index (κ3) is 34.4. The van der Waals surface area contributed by atoms with Gasteiger partial charge < -0.3 is 39.4 Å². The molecule has 0 rings (SSSR count). The molecule has 0 saturated heterocycles. The summed E-state index contributed by atoms with van der Waals surface area (Å²) in [6, 6.07) is 0. The predicted octanol–water partition coefficient (Wildman–Crippen LogP) is 1.12. The fraction of sp³-hybridized carbons (Fsp3) is 0.750. The van der Waals surface area contributed by atoms with Crippen LogP contribution in [-0.4, -0.2) is 83.9 Å². The molecule has 0 spiro atoms. The van der Waals surface area contributed by atoms with Crippen molar-refractivity contribution in [2.24, 2.45) is 0 Å². The smallest absolute Gasteiger partial charge is 0.635 e. The van der Waals surface area contributed by atoms with Gasteiger partial charge in [-0.05, 0) is 12.8 Å². The Bertz CT molecular complexity index is 464. The van der Waals surface area contributed by atoms with Crippen molar-refractivity contribution in [3.63, 3.8) is 0 Å². The van der Waals surface area contributed by atoms with Gasteiger partial charge in [0, 0.05) is 0 Å². The van der Waals surface area contributed by atoms with E-state index in [1.807, 2.05) is 0 Å². The molecule has 0 aromatic heterocycles. The Kier molecular flexibility index (Phi) is 35.0. The van der Waals surface area contributed by atoms with Crippen LogP contribution in [0.1, 0.15) is 77.0 Å². The minimum Gasteiger partial charge on any atom is -0.635 e. The van der Waals surface area contributed by atoms with Crippen molar-refractivity contribution in [3.8, 4) is 0 Å². The van der Waals surface area contributed by atoms with Gasteiger partial charge in [0.2, 0.25) is 0 Å². The third-order valence-corrected chi connectivity index (χ3v) is 4.40. The van der Waals surface area contributed by atoms with Crippen LogP contribution in [0.25, 0.3) is 0 Å². The molecule has 0 heterocycles. The first-order chi connectivity index (χ1) is 17.4. The molecule has 12 nitrogen and oxygen atoms in total. The van der Waals surface area contributed by atoms with E-state index in [0.717, 1.165) is 64.2 Å². The predicted molar refractivity (Wildman–Crippen MR) is 126 cm³/mol. The van der Waals surface area contributed by atoms with Gasteiger partial charge in [0.15, 0.2) is 0 Å². The van der Waals surface area contributed by atoms with Gasteiger partial charge in [0.1, 0.15) is 26.4 Å². The molecule has 0 saturated carbocycles. The van der Waals surface area contributed by atoms with Gasteiger partial charge in [-0.3, -0.25) is 9.59 Å². The number of ether oxygens (including phenoxy) is 4. The number of aliphatic hydroxyl groups excluding tert-OH is 4. The molecule has 0 atom stereocenters. The molecule has 0 radical (unpaired) electrons. The maximum atomic E-state index is 10.6. The molecule has 37 heavy (non-hydrogen) atoms. The summed E-state index contributed by atoms with van der Waals surface area (Å²) in [4.78, 5) is 42.2. The average Bonchev–Trinajstić information content (AvgIpc) is 2.90. The Morgan fingerprint density at radius 2 is 0.757 bits per heavy atom. The number of esters is 4. The fourth-order valence-corrected chi connectivity index (χ4v) is 2.56. The van der Waals surface area contributed by atoms with Crippen molar-refractivity contribution in [2.75, 3.05) is 39.6 Å². The van der Waals surface area contributed by atoms with Crippen LogP contribution < -0.4 is 0 Å². The van der Waals surface area contributed by atoms with Gasteiger partial charge in [0.05, 0.1) is 13.2 Å². The zero-order valence-electron chi connectivity index (χ0n) is 21.4. The minimum absolute atomic E-state index is 0. The molecule has 0 aromatic rings. The van der Waals surface area contributed by atoms with Crippen LogP contribution in [-0.2, 0) is 59.8 Å². The van der Waals surface area contributed by atoms with Crippen LogP contribution in [0.5, 0.6) is 0 Å². The molecule has 0 aliphatic carbocycles. The van der Waals surface area contributed by atoms with Crippen molar-refractivity contribution >= 4 is 23.9 Å². The molecule has 0 aliphatic rings. The van der Waals surface area contributed by atoms with E-state index in [1.54, 1.807) is 0 Å². The monoisotopic (exact) mass is 570 g/mol. The standard InChI is InChI=1S/2C12H21O6.Ti/c2*13-9-11(15)17-7-5-3-1-2-4-6-8-18-12(16)10-14;/h2*7,13-14H,1-6,8-10H2;/q2*-1;+2. The van der Waals surface area contributed by atoms with E-state index < -0.39 is 50.3 Å². The summed E-state index contributed by atoms with van der Waals surface area (Å²) in [5, 5.41) is 33.5. The normalized spacial score (nSPS) is 9.84. The fourth-order valence-electron chi connectivity index (χ4n) is 2.56. The maximum absolute atomic E-state index is 10.6. The number of carbonyl (C=O) groups excluding carboxylic acids is 4. The van der Waals surface area contributed by atoms with Gasteiger partial charge in [-0.1, -0.05) is 51.4 Å². The SMILES string of the molecule is O=C(CO)O[CH-]CCCCCCCOC(=O)CO.O=C(CO)O[CH-]CCCCCCCOC(=O)CO.[Ti+2].